The number of hydrogen-bond acceptors (Lipinski definition) is 3. The number of benzene rings is 1. The highest BCUT2D eigenvalue weighted by atomic mass is 19.4. The lowest BCUT2D eigenvalue weighted by Gasteiger charge is -2.32. The van der Waals surface area contributed by atoms with Crippen LogP contribution in [0.25, 0.3) is 0 Å². The number of para-hydroxylation sites is 1. The minimum Gasteiger partial charge on any atom is -0.373 e. The molecule has 0 aromatic heterocycles. The summed E-state index contributed by atoms with van der Waals surface area (Å²) < 4.78 is 74.9. The Morgan fingerprint density at radius 2 is 1.52 bits per heavy atom. The van der Waals surface area contributed by atoms with Crippen LogP contribution in [0.5, 0.6) is 0 Å². The maximum absolute atomic E-state index is 12.5. The fourth-order valence-electron chi connectivity index (χ4n) is 1.44. The molecule has 0 atom stereocenters. The van der Waals surface area contributed by atoms with Gasteiger partial charge in [0.25, 0.3) is 5.60 Å². The molecule has 0 spiro atoms. The number of rotatable bonds is 4. The first-order chi connectivity index (χ1) is 9.47. The highest BCUT2D eigenvalue weighted by molar-refractivity contribution is 5.83. The third kappa shape index (κ3) is 4.10. The SMILES string of the molecule is CC(CC(O)(C(F)(F)F)C(F)(F)F)=NNc1ccccc1. The Balaban J connectivity index is 2.90. The van der Waals surface area contributed by atoms with Crippen molar-refractivity contribution in [1.29, 1.82) is 0 Å². The standard InChI is InChI=1S/C12H12F6N2O/c1-8(19-20-9-5-3-2-4-6-9)7-10(21,11(13,14)15)12(16,17)18/h2-6,20-21H,7H2,1H3. The molecule has 1 rings (SSSR count). The first-order valence-corrected chi connectivity index (χ1v) is 5.67. The van der Waals surface area contributed by atoms with Gasteiger partial charge in [-0.3, -0.25) is 5.43 Å². The van der Waals surface area contributed by atoms with Crippen LogP contribution in [0, 0.1) is 0 Å². The van der Waals surface area contributed by atoms with Crippen molar-refractivity contribution in [3.8, 4) is 0 Å². The number of aliphatic hydroxyl groups is 1. The highest BCUT2D eigenvalue weighted by Crippen LogP contribution is 2.45. The number of hydrazone groups is 1. The van der Waals surface area contributed by atoms with Crippen molar-refractivity contribution < 1.29 is 31.4 Å². The van der Waals surface area contributed by atoms with Gasteiger partial charge in [0.1, 0.15) is 0 Å². The van der Waals surface area contributed by atoms with Gasteiger partial charge in [0.15, 0.2) is 0 Å². The second-order valence-electron chi connectivity index (χ2n) is 4.36. The molecule has 1 aromatic rings. The van der Waals surface area contributed by atoms with E-state index in [-0.39, 0.29) is 0 Å². The molecule has 2 N–H and O–H groups in total. The Labute approximate surface area is 116 Å². The van der Waals surface area contributed by atoms with Gasteiger partial charge in [0, 0.05) is 12.1 Å². The van der Waals surface area contributed by atoms with E-state index in [0.717, 1.165) is 6.92 Å². The van der Waals surface area contributed by atoms with E-state index in [1.54, 1.807) is 18.2 Å². The maximum Gasteiger partial charge on any atom is 0.426 e. The molecule has 0 saturated carbocycles. The van der Waals surface area contributed by atoms with Gasteiger partial charge in [-0.15, -0.1) is 0 Å². The Hall–Kier alpha value is -1.77. The lowest BCUT2D eigenvalue weighted by atomic mass is 9.95. The van der Waals surface area contributed by atoms with Gasteiger partial charge in [-0.25, -0.2) is 0 Å². The van der Waals surface area contributed by atoms with Gasteiger partial charge in [-0.05, 0) is 19.1 Å². The van der Waals surface area contributed by atoms with Crippen molar-refractivity contribution in [2.45, 2.75) is 31.3 Å². The highest BCUT2D eigenvalue weighted by Gasteiger charge is 2.70. The molecule has 0 aliphatic carbocycles. The zero-order chi connectivity index (χ0) is 16.3. The molecule has 21 heavy (non-hydrogen) atoms. The van der Waals surface area contributed by atoms with Crippen LogP contribution >= 0.6 is 0 Å². The number of halogens is 6. The van der Waals surface area contributed by atoms with Crippen molar-refractivity contribution in [2.24, 2.45) is 5.10 Å². The fraction of sp³-hybridized carbons (Fsp3) is 0.417. The van der Waals surface area contributed by atoms with Crippen LogP contribution in [-0.4, -0.2) is 28.8 Å². The molecular weight excluding hydrogens is 302 g/mol. The summed E-state index contributed by atoms with van der Waals surface area (Å²) in [5.41, 5.74) is -2.67. The molecule has 0 aliphatic rings. The van der Waals surface area contributed by atoms with Crippen LogP contribution in [0.15, 0.2) is 35.4 Å². The molecule has 3 nitrogen and oxygen atoms in total. The second-order valence-corrected chi connectivity index (χ2v) is 4.36. The van der Waals surface area contributed by atoms with Crippen LogP contribution in [0.4, 0.5) is 32.0 Å². The van der Waals surface area contributed by atoms with Crippen LogP contribution in [0.1, 0.15) is 13.3 Å². The van der Waals surface area contributed by atoms with E-state index < -0.39 is 30.1 Å². The van der Waals surface area contributed by atoms with Gasteiger partial charge in [-0.2, -0.15) is 31.4 Å². The molecule has 0 aliphatic heterocycles. The average molecular weight is 314 g/mol. The van der Waals surface area contributed by atoms with Gasteiger partial charge in [0.05, 0.1) is 5.69 Å². The van der Waals surface area contributed by atoms with Crippen molar-refractivity contribution in [2.75, 3.05) is 5.43 Å². The van der Waals surface area contributed by atoms with Gasteiger partial charge in [0.2, 0.25) is 0 Å². The van der Waals surface area contributed by atoms with Crippen molar-refractivity contribution in [3.05, 3.63) is 30.3 Å². The first kappa shape index (κ1) is 17.3. The second kappa shape index (κ2) is 5.92. The Bertz CT molecular complexity index is 481. The topological polar surface area (TPSA) is 44.6 Å². The average Bonchev–Trinajstić information content (AvgIpc) is 2.35. The quantitative estimate of drug-likeness (QED) is 0.505. The summed E-state index contributed by atoms with van der Waals surface area (Å²) in [5, 5.41) is 12.4. The Kier molecular flexibility index (Phi) is 4.87. The molecule has 0 fully saturated rings. The molecule has 1 aromatic carbocycles. The zero-order valence-electron chi connectivity index (χ0n) is 10.8. The predicted octanol–water partition coefficient (Wildman–Crippen LogP) is 3.72. The van der Waals surface area contributed by atoms with E-state index in [2.05, 4.69) is 10.5 Å². The van der Waals surface area contributed by atoms with Crippen LogP contribution in [0.2, 0.25) is 0 Å². The van der Waals surface area contributed by atoms with Crippen LogP contribution in [-0.2, 0) is 0 Å². The van der Waals surface area contributed by atoms with E-state index in [1.807, 2.05) is 0 Å². The largest absolute Gasteiger partial charge is 0.426 e. The molecule has 0 heterocycles. The van der Waals surface area contributed by atoms with Gasteiger partial charge < -0.3 is 5.11 Å². The predicted molar refractivity (Wildman–Crippen MR) is 64.9 cm³/mol. The van der Waals surface area contributed by atoms with Gasteiger partial charge in [-0.1, -0.05) is 18.2 Å². The lowest BCUT2D eigenvalue weighted by molar-refractivity contribution is -0.365. The molecule has 0 saturated heterocycles. The molecular formula is C12H12F6N2O. The minimum absolute atomic E-state index is 0.388. The Morgan fingerprint density at radius 1 is 1.05 bits per heavy atom. The zero-order valence-corrected chi connectivity index (χ0v) is 10.8. The summed E-state index contributed by atoms with van der Waals surface area (Å²) in [7, 11) is 0. The van der Waals surface area contributed by atoms with E-state index in [9.17, 15) is 26.3 Å². The number of alkyl halides is 6. The van der Waals surface area contributed by atoms with E-state index in [0.29, 0.717) is 5.69 Å². The molecule has 0 radical (unpaired) electrons. The summed E-state index contributed by atoms with van der Waals surface area (Å²) >= 11 is 0. The van der Waals surface area contributed by atoms with Crippen molar-refractivity contribution >= 4 is 11.4 Å². The summed E-state index contributed by atoms with van der Waals surface area (Å²) in [6, 6.07) is 7.94. The normalized spacial score (nSPS) is 14.2. The van der Waals surface area contributed by atoms with E-state index in [4.69, 9.17) is 5.11 Å². The number of anilines is 1. The molecule has 9 heteroatoms. The summed E-state index contributed by atoms with van der Waals surface area (Å²) in [6.07, 6.45) is -13.4. The van der Waals surface area contributed by atoms with Crippen LogP contribution < -0.4 is 5.43 Å². The number of nitrogens with one attached hydrogen (secondary N) is 1. The van der Waals surface area contributed by atoms with Crippen LogP contribution in [0.3, 0.4) is 0 Å². The third-order valence-corrected chi connectivity index (χ3v) is 2.60. The van der Waals surface area contributed by atoms with E-state index >= 15 is 0 Å². The van der Waals surface area contributed by atoms with Gasteiger partial charge >= 0.3 is 12.4 Å². The fourth-order valence-corrected chi connectivity index (χ4v) is 1.44. The van der Waals surface area contributed by atoms with Crippen molar-refractivity contribution in [3.63, 3.8) is 0 Å². The molecule has 0 bridgehead atoms. The number of hydrogen-bond donors (Lipinski definition) is 2. The maximum atomic E-state index is 12.5. The summed E-state index contributed by atoms with van der Waals surface area (Å²) in [6.45, 7) is 0.957. The number of nitrogens with zero attached hydrogens (tertiary/aromatic N) is 1. The lowest BCUT2D eigenvalue weighted by Crippen LogP contribution is -2.57. The van der Waals surface area contributed by atoms with E-state index in [1.165, 1.54) is 12.1 Å². The first-order valence-electron chi connectivity index (χ1n) is 5.67. The molecule has 0 unspecified atom stereocenters. The monoisotopic (exact) mass is 314 g/mol. The molecule has 118 valence electrons. The Morgan fingerprint density at radius 3 is 1.95 bits per heavy atom. The van der Waals surface area contributed by atoms with Crippen molar-refractivity contribution in [1.82, 2.24) is 0 Å². The molecule has 0 amide bonds. The third-order valence-electron chi connectivity index (χ3n) is 2.60. The summed E-state index contributed by atoms with van der Waals surface area (Å²) in [4.78, 5) is 0. The minimum atomic E-state index is -5.85. The summed E-state index contributed by atoms with van der Waals surface area (Å²) in [5.74, 6) is 0. The smallest absolute Gasteiger partial charge is 0.373 e.